The maximum Gasteiger partial charge on any atom is 0.134 e. The van der Waals surface area contributed by atoms with Gasteiger partial charge in [0.1, 0.15) is 11.6 Å². The van der Waals surface area contributed by atoms with Crippen LogP contribution in [0.3, 0.4) is 0 Å². The van der Waals surface area contributed by atoms with Gasteiger partial charge < -0.3 is 0 Å². The summed E-state index contributed by atoms with van der Waals surface area (Å²) in [5.41, 5.74) is 2.85. The molecule has 4 atom stereocenters. The van der Waals surface area contributed by atoms with Gasteiger partial charge in [0.15, 0.2) is 0 Å². The molecule has 0 saturated heterocycles. The Bertz CT molecular complexity index is 877. The molecule has 2 aromatic rings. The zero-order chi connectivity index (χ0) is 23.9. The molecule has 1 unspecified atom stereocenters. The summed E-state index contributed by atoms with van der Waals surface area (Å²) in [6.45, 7) is 4.42. The van der Waals surface area contributed by atoms with E-state index < -0.39 is 11.6 Å². The van der Waals surface area contributed by atoms with Crippen LogP contribution in [-0.4, -0.2) is 0 Å². The van der Waals surface area contributed by atoms with Crippen LogP contribution in [0.25, 0.3) is 11.1 Å². The van der Waals surface area contributed by atoms with E-state index in [4.69, 9.17) is 0 Å². The number of rotatable bonds is 10. The van der Waals surface area contributed by atoms with Gasteiger partial charge in [-0.05, 0) is 91.0 Å². The molecule has 2 aliphatic carbocycles. The molecule has 186 valence electrons. The Morgan fingerprint density at radius 3 is 2.12 bits per heavy atom. The van der Waals surface area contributed by atoms with E-state index in [1.54, 1.807) is 12.1 Å². The maximum atomic E-state index is 15.1. The summed E-state index contributed by atoms with van der Waals surface area (Å²) in [6, 6.07) is 11.0. The van der Waals surface area contributed by atoms with Crippen molar-refractivity contribution in [3.8, 4) is 11.1 Å². The van der Waals surface area contributed by atoms with Crippen molar-refractivity contribution in [2.24, 2.45) is 17.8 Å². The molecule has 0 radical (unpaired) electrons. The molecule has 0 N–H and O–H groups in total. The SMILES string of the molecule is CCCCCCCC1CC[C@@H]2C[C@H](c3cc(F)c(-c4ccc(CCC)cc4)c(F)c3)CC[C@@H]2C1. The van der Waals surface area contributed by atoms with Crippen molar-refractivity contribution < 1.29 is 8.78 Å². The number of benzene rings is 2. The Hall–Kier alpha value is -1.70. The highest BCUT2D eigenvalue weighted by Gasteiger charge is 2.36. The summed E-state index contributed by atoms with van der Waals surface area (Å²) in [6.07, 6.45) is 17.8. The van der Waals surface area contributed by atoms with Crippen LogP contribution in [0, 0.1) is 29.4 Å². The third-order valence-electron chi connectivity index (χ3n) is 8.75. The molecular weight excluding hydrogens is 422 g/mol. The van der Waals surface area contributed by atoms with Crippen LogP contribution in [0.5, 0.6) is 0 Å². The van der Waals surface area contributed by atoms with Crippen molar-refractivity contribution in [1.29, 1.82) is 0 Å². The lowest BCUT2D eigenvalue weighted by Gasteiger charge is -2.42. The van der Waals surface area contributed by atoms with Crippen molar-refractivity contribution in [3.63, 3.8) is 0 Å². The summed E-state index contributed by atoms with van der Waals surface area (Å²) in [7, 11) is 0. The molecule has 2 aromatic carbocycles. The van der Waals surface area contributed by atoms with Crippen LogP contribution >= 0.6 is 0 Å². The normalized spacial score (nSPS) is 24.7. The standard InChI is InChI=1S/C32H44F2/c1-3-5-6-7-8-10-24-13-16-27-20-28(18-17-26(27)19-24)29-21-30(33)32(31(34)22-29)25-14-11-23(9-4-2)12-15-25/h11-12,14-15,21-22,24,26-28H,3-10,13,16-20H2,1-2H3/t24?,26-,27-,28-/m1/s1. The van der Waals surface area contributed by atoms with E-state index in [-0.39, 0.29) is 5.56 Å². The van der Waals surface area contributed by atoms with Crippen LogP contribution < -0.4 is 0 Å². The predicted octanol–water partition coefficient (Wildman–Crippen LogP) is 10.2. The summed E-state index contributed by atoms with van der Waals surface area (Å²) in [5, 5.41) is 0. The first kappa shape index (κ1) is 25.4. The van der Waals surface area contributed by atoms with Crippen molar-refractivity contribution in [2.75, 3.05) is 0 Å². The molecule has 34 heavy (non-hydrogen) atoms. The second-order valence-electron chi connectivity index (χ2n) is 11.2. The summed E-state index contributed by atoms with van der Waals surface area (Å²) in [5.74, 6) is 1.97. The van der Waals surface area contributed by atoms with Gasteiger partial charge in [0.2, 0.25) is 0 Å². The zero-order valence-electron chi connectivity index (χ0n) is 21.4. The lowest BCUT2D eigenvalue weighted by molar-refractivity contribution is 0.113. The van der Waals surface area contributed by atoms with Gasteiger partial charge >= 0.3 is 0 Å². The van der Waals surface area contributed by atoms with Gasteiger partial charge in [-0.3, -0.25) is 0 Å². The topological polar surface area (TPSA) is 0 Å². The molecule has 2 saturated carbocycles. The highest BCUT2D eigenvalue weighted by Crippen LogP contribution is 2.49. The third-order valence-corrected chi connectivity index (χ3v) is 8.75. The van der Waals surface area contributed by atoms with Gasteiger partial charge in [0.25, 0.3) is 0 Å². The third kappa shape index (κ3) is 6.29. The number of unbranched alkanes of at least 4 members (excludes halogenated alkanes) is 4. The van der Waals surface area contributed by atoms with Crippen LogP contribution in [0.4, 0.5) is 8.78 Å². The van der Waals surface area contributed by atoms with E-state index in [9.17, 15) is 0 Å². The van der Waals surface area contributed by atoms with E-state index in [1.165, 1.54) is 69.8 Å². The molecule has 0 aromatic heterocycles. The molecule has 0 bridgehead atoms. The van der Waals surface area contributed by atoms with Crippen LogP contribution in [0.2, 0.25) is 0 Å². The number of aryl methyl sites for hydroxylation is 1. The number of hydrogen-bond donors (Lipinski definition) is 0. The lowest BCUT2D eigenvalue weighted by atomic mass is 9.63. The molecule has 2 aliphatic rings. The monoisotopic (exact) mass is 466 g/mol. The smallest absolute Gasteiger partial charge is 0.134 e. The molecule has 2 fully saturated rings. The Balaban J connectivity index is 1.35. The van der Waals surface area contributed by atoms with Gasteiger partial charge in [-0.15, -0.1) is 0 Å². The maximum absolute atomic E-state index is 15.1. The molecule has 0 spiro atoms. The Labute approximate surface area is 206 Å². The van der Waals surface area contributed by atoms with Crippen LogP contribution in [0.15, 0.2) is 36.4 Å². The minimum absolute atomic E-state index is 0.125. The molecule has 4 rings (SSSR count). The van der Waals surface area contributed by atoms with Gasteiger partial charge in [-0.1, -0.05) is 89.5 Å². The average Bonchev–Trinajstić information content (AvgIpc) is 2.84. The van der Waals surface area contributed by atoms with Crippen molar-refractivity contribution >= 4 is 0 Å². The number of hydrogen-bond acceptors (Lipinski definition) is 0. The molecule has 0 heterocycles. The summed E-state index contributed by atoms with van der Waals surface area (Å²) < 4.78 is 30.3. The molecular formula is C32H44F2. The molecule has 0 nitrogen and oxygen atoms in total. The first-order chi connectivity index (χ1) is 16.6. The van der Waals surface area contributed by atoms with Crippen LogP contribution in [-0.2, 0) is 6.42 Å². The van der Waals surface area contributed by atoms with Gasteiger partial charge in [-0.25, -0.2) is 8.78 Å². The first-order valence-corrected chi connectivity index (χ1v) is 14.2. The van der Waals surface area contributed by atoms with E-state index in [2.05, 4.69) is 13.8 Å². The fraction of sp³-hybridized carbons (Fsp3) is 0.625. The summed E-state index contributed by atoms with van der Waals surface area (Å²) in [4.78, 5) is 0. The van der Waals surface area contributed by atoms with E-state index in [0.717, 1.165) is 49.0 Å². The van der Waals surface area contributed by atoms with Gasteiger partial charge in [0, 0.05) is 0 Å². The summed E-state index contributed by atoms with van der Waals surface area (Å²) >= 11 is 0. The van der Waals surface area contributed by atoms with Crippen molar-refractivity contribution in [1.82, 2.24) is 0 Å². The highest BCUT2D eigenvalue weighted by atomic mass is 19.1. The lowest BCUT2D eigenvalue weighted by Crippen LogP contribution is -2.30. The molecule has 0 aliphatic heterocycles. The number of halogens is 2. The largest absolute Gasteiger partial charge is 0.206 e. The molecule has 2 heteroatoms. The zero-order valence-corrected chi connectivity index (χ0v) is 21.4. The quantitative estimate of drug-likeness (QED) is 0.305. The fourth-order valence-corrected chi connectivity index (χ4v) is 6.82. The Morgan fingerprint density at radius 1 is 0.735 bits per heavy atom. The predicted molar refractivity (Wildman–Crippen MR) is 140 cm³/mol. The van der Waals surface area contributed by atoms with Crippen molar-refractivity contribution in [3.05, 3.63) is 59.2 Å². The Kier molecular flexibility index (Phi) is 9.20. The first-order valence-electron chi connectivity index (χ1n) is 14.2. The van der Waals surface area contributed by atoms with Gasteiger partial charge in [-0.2, -0.15) is 0 Å². The minimum Gasteiger partial charge on any atom is -0.206 e. The second kappa shape index (κ2) is 12.3. The Morgan fingerprint density at radius 2 is 1.41 bits per heavy atom. The van der Waals surface area contributed by atoms with E-state index >= 15 is 8.78 Å². The number of fused-ring (bicyclic) bond motifs is 1. The van der Waals surface area contributed by atoms with Crippen LogP contribution in [0.1, 0.15) is 114 Å². The van der Waals surface area contributed by atoms with Crippen molar-refractivity contribution in [2.45, 2.75) is 110 Å². The minimum atomic E-state index is -0.410. The average molecular weight is 467 g/mol. The second-order valence-corrected chi connectivity index (χ2v) is 11.2. The fourth-order valence-electron chi connectivity index (χ4n) is 6.82. The highest BCUT2D eigenvalue weighted by molar-refractivity contribution is 5.65. The molecule has 0 amide bonds. The van der Waals surface area contributed by atoms with Gasteiger partial charge in [0.05, 0.1) is 5.56 Å². The van der Waals surface area contributed by atoms with E-state index in [1.807, 2.05) is 24.3 Å². The van der Waals surface area contributed by atoms with E-state index in [0.29, 0.717) is 11.5 Å².